The van der Waals surface area contributed by atoms with Gasteiger partial charge in [-0.15, -0.1) is 0 Å². The second-order valence-corrected chi connectivity index (χ2v) is 4.04. The molecule has 0 saturated heterocycles. The number of oxime groups is 1. The van der Waals surface area contributed by atoms with Crippen LogP contribution in [0.4, 0.5) is 10.1 Å². The van der Waals surface area contributed by atoms with Gasteiger partial charge in [-0.2, -0.15) is 0 Å². The molecule has 1 heterocycles. The van der Waals surface area contributed by atoms with Crippen LogP contribution in [0.3, 0.4) is 0 Å². The van der Waals surface area contributed by atoms with Crippen molar-refractivity contribution < 1.29 is 18.8 Å². The number of rotatable bonds is 3. The number of hydrogen-bond acceptors (Lipinski definition) is 4. The first-order valence-corrected chi connectivity index (χ1v) is 5.66. The highest BCUT2D eigenvalue weighted by Crippen LogP contribution is 2.17. The molecule has 7 heteroatoms. The van der Waals surface area contributed by atoms with Crippen LogP contribution in [0.2, 0.25) is 0 Å². The lowest BCUT2D eigenvalue weighted by Crippen LogP contribution is -2.15. The Balaban J connectivity index is 2.20. The Morgan fingerprint density at radius 1 is 1.40 bits per heavy atom. The molecule has 0 bridgehead atoms. The smallest absolute Gasteiger partial charge is 0.291 e. The van der Waals surface area contributed by atoms with E-state index in [-0.39, 0.29) is 22.8 Å². The lowest BCUT2D eigenvalue weighted by Gasteiger charge is -2.06. The predicted molar refractivity (Wildman–Crippen MR) is 70.3 cm³/mol. The van der Waals surface area contributed by atoms with Gasteiger partial charge in [0.1, 0.15) is 11.6 Å². The molecule has 0 unspecified atom stereocenters. The summed E-state index contributed by atoms with van der Waals surface area (Å²) in [6.45, 7) is 1.70. The van der Waals surface area contributed by atoms with Crippen molar-refractivity contribution in [2.24, 2.45) is 10.9 Å². The maximum Gasteiger partial charge on any atom is 0.291 e. The number of carbonyl (C=O) groups excluding carboxylic acids is 1. The molecule has 2 rings (SSSR count). The third-order valence-electron chi connectivity index (χ3n) is 2.58. The van der Waals surface area contributed by atoms with Crippen LogP contribution in [0, 0.1) is 12.7 Å². The highest BCUT2D eigenvalue weighted by atomic mass is 19.1. The number of aryl methyl sites for hydroxylation is 1. The number of benzene rings is 1. The normalized spacial score (nSPS) is 11.4. The molecular weight excluding hydrogens is 265 g/mol. The summed E-state index contributed by atoms with van der Waals surface area (Å²) in [6, 6.07) is 6.91. The van der Waals surface area contributed by atoms with Gasteiger partial charge in [-0.3, -0.25) is 4.79 Å². The van der Waals surface area contributed by atoms with Crippen molar-refractivity contribution in [3.05, 3.63) is 53.2 Å². The van der Waals surface area contributed by atoms with Gasteiger partial charge in [-0.05, 0) is 37.3 Å². The Labute approximate surface area is 113 Å². The number of amides is 1. The Bertz CT molecular complexity index is 679. The van der Waals surface area contributed by atoms with Crippen molar-refractivity contribution in [2.75, 3.05) is 5.32 Å². The van der Waals surface area contributed by atoms with E-state index in [2.05, 4.69) is 10.5 Å². The predicted octanol–water partition coefficient (Wildman–Crippen LogP) is 2.07. The minimum Gasteiger partial charge on any atom is -0.456 e. The Morgan fingerprint density at radius 2 is 2.15 bits per heavy atom. The molecule has 0 saturated carbocycles. The van der Waals surface area contributed by atoms with Crippen LogP contribution in [0.5, 0.6) is 0 Å². The lowest BCUT2D eigenvalue weighted by atomic mass is 10.2. The molecule has 104 valence electrons. The number of nitrogens with one attached hydrogen (secondary N) is 1. The van der Waals surface area contributed by atoms with E-state index >= 15 is 0 Å². The first-order valence-electron chi connectivity index (χ1n) is 5.66. The summed E-state index contributed by atoms with van der Waals surface area (Å²) in [5.41, 5.74) is 5.52. The van der Waals surface area contributed by atoms with Crippen LogP contribution in [0.15, 0.2) is 39.9 Å². The largest absolute Gasteiger partial charge is 0.456 e. The summed E-state index contributed by atoms with van der Waals surface area (Å²) in [5.74, 6) is -0.817. The molecule has 0 spiro atoms. The average molecular weight is 277 g/mol. The van der Waals surface area contributed by atoms with E-state index in [0.29, 0.717) is 5.76 Å². The molecule has 0 atom stereocenters. The van der Waals surface area contributed by atoms with Gasteiger partial charge < -0.3 is 20.7 Å². The number of hydrogen-bond donors (Lipinski definition) is 3. The van der Waals surface area contributed by atoms with E-state index in [9.17, 15) is 9.18 Å². The van der Waals surface area contributed by atoms with E-state index in [4.69, 9.17) is 15.4 Å². The molecule has 0 aliphatic carbocycles. The van der Waals surface area contributed by atoms with Crippen LogP contribution in [0.1, 0.15) is 21.9 Å². The minimum atomic E-state index is -0.703. The lowest BCUT2D eigenvalue weighted by molar-refractivity contribution is 0.0995. The zero-order valence-electron chi connectivity index (χ0n) is 10.6. The highest BCUT2D eigenvalue weighted by molar-refractivity contribution is 6.03. The van der Waals surface area contributed by atoms with Crippen LogP contribution >= 0.6 is 0 Å². The quantitative estimate of drug-likeness (QED) is 0.346. The summed E-state index contributed by atoms with van der Waals surface area (Å²) in [5, 5.41) is 13.6. The summed E-state index contributed by atoms with van der Waals surface area (Å²) in [7, 11) is 0. The Morgan fingerprint density at radius 3 is 2.70 bits per heavy atom. The molecule has 2 aromatic rings. The van der Waals surface area contributed by atoms with Crippen molar-refractivity contribution in [1.82, 2.24) is 0 Å². The van der Waals surface area contributed by atoms with E-state index in [0.717, 1.165) is 6.07 Å². The highest BCUT2D eigenvalue weighted by Gasteiger charge is 2.13. The van der Waals surface area contributed by atoms with E-state index < -0.39 is 11.7 Å². The standard InChI is InChI=1S/C13H12FN3O3/c1-7-2-5-11(20-7)13(18)16-10-4-3-8(6-9(10)14)12(15)17-19/h2-6,19H,1H3,(H2,15,17)(H,16,18). The molecule has 0 aliphatic rings. The first kappa shape index (κ1) is 13.6. The molecule has 0 radical (unpaired) electrons. The van der Waals surface area contributed by atoms with Gasteiger partial charge in [0.15, 0.2) is 11.6 Å². The fourth-order valence-corrected chi connectivity index (χ4v) is 1.57. The number of halogens is 1. The SMILES string of the molecule is Cc1ccc(C(=O)Nc2ccc(/C(N)=N/O)cc2F)o1. The number of nitrogens with two attached hydrogens (primary N) is 1. The number of furan rings is 1. The van der Waals surface area contributed by atoms with E-state index in [1.165, 1.54) is 18.2 Å². The third kappa shape index (κ3) is 2.77. The molecule has 4 N–H and O–H groups in total. The van der Waals surface area contributed by atoms with Gasteiger partial charge >= 0.3 is 0 Å². The maximum atomic E-state index is 13.8. The van der Waals surface area contributed by atoms with Crippen LogP contribution in [-0.4, -0.2) is 17.0 Å². The average Bonchev–Trinajstić information content (AvgIpc) is 2.86. The second-order valence-electron chi connectivity index (χ2n) is 4.04. The number of nitrogens with zero attached hydrogens (tertiary/aromatic N) is 1. The zero-order valence-corrected chi connectivity index (χ0v) is 10.6. The monoisotopic (exact) mass is 277 g/mol. The molecule has 6 nitrogen and oxygen atoms in total. The van der Waals surface area contributed by atoms with Crippen LogP contribution in [0.25, 0.3) is 0 Å². The third-order valence-corrected chi connectivity index (χ3v) is 2.58. The van der Waals surface area contributed by atoms with Gasteiger partial charge in [0, 0.05) is 5.56 Å². The molecule has 1 aromatic carbocycles. The summed E-state index contributed by atoms with van der Waals surface area (Å²) < 4.78 is 18.9. The van der Waals surface area contributed by atoms with Crippen molar-refractivity contribution in [3.63, 3.8) is 0 Å². The van der Waals surface area contributed by atoms with Gasteiger partial charge in [0.05, 0.1) is 5.69 Å². The molecule has 0 aliphatic heterocycles. The van der Waals surface area contributed by atoms with Gasteiger partial charge in [0.25, 0.3) is 5.91 Å². The van der Waals surface area contributed by atoms with E-state index in [1.807, 2.05) is 0 Å². The number of anilines is 1. The van der Waals surface area contributed by atoms with Gasteiger partial charge in [-0.1, -0.05) is 5.16 Å². The topological polar surface area (TPSA) is 101 Å². The minimum absolute atomic E-state index is 0.0291. The fraction of sp³-hybridized carbons (Fsp3) is 0.0769. The van der Waals surface area contributed by atoms with Gasteiger partial charge in [-0.25, -0.2) is 4.39 Å². The number of carbonyl (C=O) groups is 1. The van der Waals surface area contributed by atoms with Crippen molar-refractivity contribution >= 4 is 17.4 Å². The van der Waals surface area contributed by atoms with Crippen LogP contribution in [-0.2, 0) is 0 Å². The Hall–Kier alpha value is -2.83. The fourth-order valence-electron chi connectivity index (χ4n) is 1.57. The molecule has 1 amide bonds. The zero-order chi connectivity index (χ0) is 14.7. The van der Waals surface area contributed by atoms with Crippen molar-refractivity contribution in [2.45, 2.75) is 6.92 Å². The maximum absolute atomic E-state index is 13.8. The van der Waals surface area contributed by atoms with Gasteiger partial charge in [0.2, 0.25) is 0 Å². The Kier molecular flexibility index (Phi) is 3.69. The van der Waals surface area contributed by atoms with E-state index in [1.54, 1.807) is 13.0 Å². The van der Waals surface area contributed by atoms with Crippen molar-refractivity contribution in [1.29, 1.82) is 0 Å². The molecular formula is C13H12FN3O3. The van der Waals surface area contributed by atoms with Crippen molar-refractivity contribution in [3.8, 4) is 0 Å². The van der Waals surface area contributed by atoms with Crippen LogP contribution < -0.4 is 11.1 Å². The summed E-state index contributed by atoms with van der Waals surface area (Å²) in [6.07, 6.45) is 0. The molecule has 0 fully saturated rings. The summed E-state index contributed by atoms with van der Waals surface area (Å²) >= 11 is 0. The number of amidine groups is 1. The first-order chi connectivity index (χ1) is 9.51. The molecule has 1 aromatic heterocycles. The molecule has 20 heavy (non-hydrogen) atoms. The summed E-state index contributed by atoms with van der Waals surface area (Å²) in [4.78, 5) is 11.8. The second kappa shape index (κ2) is 5.43.